The van der Waals surface area contributed by atoms with E-state index in [2.05, 4.69) is 17.4 Å². The van der Waals surface area contributed by atoms with E-state index >= 15 is 0 Å². The number of aryl methyl sites for hydroxylation is 1. The maximum Gasteiger partial charge on any atom is 0.223 e. The van der Waals surface area contributed by atoms with Crippen molar-refractivity contribution >= 4 is 5.91 Å². The van der Waals surface area contributed by atoms with Gasteiger partial charge in [-0.1, -0.05) is 49.4 Å². The van der Waals surface area contributed by atoms with Crippen LogP contribution in [0.5, 0.6) is 0 Å². The summed E-state index contributed by atoms with van der Waals surface area (Å²) in [6, 6.07) is 16.6. The second-order valence-corrected chi connectivity index (χ2v) is 5.61. The summed E-state index contributed by atoms with van der Waals surface area (Å²) in [5.74, 6) is -0.304. The van der Waals surface area contributed by atoms with Gasteiger partial charge in [-0.2, -0.15) is 0 Å². The molecule has 0 spiro atoms. The van der Waals surface area contributed by atoms with E-state index in [0.29, 0.717) is 13.0 Å². The van der Waals surface area contributed by atoms with E-state index in [9.17, 15) is 9.18 Å². The Morgan fingerprint density at radius 3 is 2.41 bits per heavy atom. The number of rotatable bonds is 7. The topological polar surface area (TPSA) is 29.1 Å². The van der Waals surface area contributed by atoms with Crippen molar-refractivity contribution in [2.45, 2.75) is 26.2 Å². The average Bonchev–Trinajstić information content (AvgIpc) is 2.54. The number of benzene rings is 2. The molecule has 2 nitrogen and oxygen atoms in total. The third-order valence-electron chi connectivity index (χ3n) is 3.69. The highest BCUT2D eigenvalue weighted by molar-refractivity contribution is 5.78. The van der Waals surface area contributed by atoms with E-state index in [1.807, 2.05) is 25.1 Å². The number of amides is 1. The minimum atomic E-state index is -0.248. The molecule has 0 aromatic heterocycles. The van der Waals surface area contributed by atoms with Gasteiger partial charge in [-0.3, -0.25) is 4.79 Å². The molecule has 0 aliphatic heterocycles. The van der Waals surface area contributed by atoms with Crippen molar-refractivity contribution < 1.29 is 9.18 Å². The average molecular weight is 299 g/mol. The van der Waals surface area contributed by atoms with Crippen LogP contribution in [-0.4, -0.2) is 12.5 Å². The van der Waals surface area contributed by atoms with Gasteiger partial charge in [0, 0.05) is 12.5 Å². The first-order valence-electron chi connectivity index (χ1n) is 7.71. The largest absolute Gasteiger partial charge is 0.356 e. The monoisotopic (exact) mass is 299 g/mol. The van der Waals surface area contributed by atoms with E-state index in [1.54, 1.807) is 12.1 Å². The van der Waals surface area contributed by atoms with Gasteiger partial charge in [-0.05, 0) is 42.5 Å². The first-order valence-corrected chi connectivity index (χ1v) is 7.71. The minimum absolute atomic E-state index is 0.0531. The van der Waals surface area contributed by atoms with Crippen LogP contribution in [0.2, 0.25) is 0 Å². The fourth-order valence-electron chi connectivity index (χ4n) is 2.39. The molecule has 2 rings (SSSR count). The van der Waals surface area contributed by atoms with Gasteiger partial charge in [-0.15, -0.1) is 0 Å². The molecule has 0 radical (unpaired) electrons. The Balaban J connectivity index is 1.69. The number of carbonyl (C=O) groups is 1. The molecule has 3 heteroatoms. The van der Waals surface area contributed by atoms with Gasteiger partial charge in [0.1, 0.15) is 5.82 Å². The van der Waals surface area contributed by atoms with Crippen LogP contribution in [0.4, 0.5) is 4.39 Å². The number of hydrogen-bond acceptors (Lipinski definition) is 1. The lowest BCUT2D eigenvalue weighted by Gasteiger charge is -2.12. The van der Waals surface area contributed by atoms with Crippen molar-refractivity contribution in [2.75, 3.05) is 6.54 Å². The number of hydrogen-bond donors (Lipinski definition) is 1. The molecule has 0 fully saturated rings. The summed E-state index contributed by atoms with van der Waals surface area (Å²) >= 11 is 0. The lowest BCUT2D eigenvalue weighted by atomic mass is 10.0. The van der Waals surface area contributed by atoms with Crippen LogP contribution >= 0.6 is 0 Å². The normalized spacial score (nSPS) is 11.9. The maximum atomic E-state index is 12.8. The molecule has 0 bridgehead atoms. The smallest absolute Gasteiger partial charge is 0.223 e. The Hall–Kier alpha value is -2.16. The van der Waals surface area contributed by atoms with E-state index in [1.165, 1.54) is 17.7 Å². The summed E-state index contributed by atoms with van der Waals surface area (Å²) in [5.41, 5.74) is 2.27. The Labute approximate surface area is 131 Å². The Morgan fingerprint density at radius 1 is 1.05 bits per heavy atom. The predicted octanol–water partition coefficient (Wildman–Crippen LogP) is 3.75. The van der Waals surface area contributed by atoms with Crippen molar-refractivity contribution in [1.82, 2.24) is 5.32 Å². The van der Waals surface area contributed by atoms with Gasteiger partial charge in [0.15, 0.2) is 0 Å². The van der Waals surface area contributed by atoms with Gasteiger partial charge in [0.05, 0.1) is 0 Å². The fraction of sp³-hybridized carbons (Fsp3) is 0.316. The van der Waals surface area contributed by atoms with Crippen molar-refractivity contribution in [2.24, 2.45) is 5.92 Å². The van der Waals surface area contributed by atoms with E-state index in [-0.39, 0.29) is 17.6 Å². The van der Waals surface area contributed by atoms with Crippen molar-refractivity contribution in [3.05, 3.63) is 71.5 Å². The van der Waals surface area contributed by atoms with Gasteiger partial charge < -0.3 is 5.32 Å². The van der Waals surface area contributed by atoms with Crippen LogP contribution in [0.15, 0.2) is 54.6 Å². The molecule has 0 aliphatic rings. The van der Waals surface area contributed by atoms with Crippen LogP contribution in [-0.2, 0) is 17.6 Å². The number of halogens is 1. The first kappa shape index (κ1) is 16.2. The summed E-state index contributed by atoms with van der Waals surface area (Å²) in [7, 11) is 0. The first-order chi connectivity index (χ1) is 10.6. The second-order valence-electron chi connectivity index (χ2n) is 5.61. The molecule has 1 N–H and O–H groups in total. The molecule has 1 amide bonds. The molecule has 0 saturated heterocycles. The Morgan fingerprint density at radius 2 is 1.73 bits per heavy atom. The van der Waals surface area contributed by atoms with Crippen molar-refractivity contribution in [1.29, 1.82) is 0 Å². The van der Waals surface area contributed by atoms with Crippen LogP contribution < -0.4 is 5.32 Å². The lowest BCUT2D eigenvalue weighted by molar-refractivity contribution is -0.124. The molecule has 2 aromatic carbocycles. The Kier molecular flexibility index (Phi) is 6.13. The van der Waals surface area contributed by atoms with Crippen LogP contribution in [0.1, 0.15) is 24.5 Å². The molecule has 22 heavy (non-hydrogen) atoms. The van der Waals surface area contributed by atoms with Crippen molar-refractivity contribution in [3.63, 3.8) is 0 Å². The van der Waals surface area contributed by atoms with Gasteiger partial charge in [0.2, 0.25) is 5.91 Å². The third kappa shape index (κ3) is 5.32. The number of nitrogens with one attached hydrogen (secondary N) is 1. The van der Waals surface area contributed by atoms with Gasteiger partial charge in [0.25, 0.3) is 0 Å². The molecular formula is C19H22FNO. The number of carbonyl (C=O) groups excluding carboxylic acids is 1. The van der Waals surface area contributed by atoms with E-state index in [4.69, 9.17) is 0 Å². The molecule has 1 unspecified atom stereocenters. The molecular weight excluding hydrogens is 277 g/mol. The van der Waals surface area contributed by atoms with Crippen LogP contribution in [0.3, 0.4) is 0 Å². The molecule has 2 aromatic rings. The van der Waals surface area contributed by atoms with Crippen LogP contribution in [0.25, 0.3) is 0 Å². The van der Waals surface area contributed by atoms with E-state index < -0.39 is 0 Å². The van der Waals surface area contributed by atoms with E-state index in [0.717, 1.165) is 18.4 Å². The minimum Gasteiger partial charge on any atom is -0.356 e. The predicted molar refractivity (Wildman–Crippen MR) is 87.0 cm³/mol. The SMILES string of the molecule is CC(Cc1ccc(F)cc1)C(=O)NCCCc1ccccc1. The zero-order valence-corrected chi connectivity index (χ0v) is 12.9. The van der Waals surface area contributed by atoms with Crippen molar-refractivity contribution in [3.8, 4) is 0 Å². The molecule has 0 aliphatic carbocycles. The summed E-state index contributed by atoms with van der Waals surface area (Å²) in [5, 5.41) is 2.97. The summed E-state index contributed by atoms with van der Waals surface area (Å²) < 4.78 is 12.8. The zero-order valence-electron chi connectivity index (χ0n) is 12.9. The highest BCUT2D eigenvalue weighted by Crippen LogP contribution is 2.10. The molecule has 116 valence electrons. The molecule has 0 heterocycles. The molecule has 0 saturated carbocycles. The highest BCUT2D eigenvalue weighted by atomic mass is 19.1. The van der Waals surface area contributed by atoms with Gasteiger partial charge >= 0.3 is 0 Å². The summed E-state index contributed by atoms with van der Waals surface area (Å²) in [4.78, 5) is 12.0. The van der Waals surface area contributed by atoms with Crippen LogP contribution in [0, 0.1) is 11.7 Å². The fourth-order valence-corrected chi connectivity index (χ4v) is 2.39. The summed E-state index contributed by atoms with van der Waals surface area (Å²) in [6.07, 6.45) is 2.53. The Bertz CT molecular complexity index is 580. The molecule has 1 atom stereocenters. The lowest BCUT2D eigenvalue weighted by Crippen LogP contribution is -2.31. The zero-order chi connectivity index (χ0) is 15.8. The summed E-state index contributed by atoms with van der Waals surface area (Å²) in [6.45, 7) is 2.58. The maximum absolute atomic E-state index is 12.8. The third-order valence-corrected chi connectivity index (χ3v) is 3.69. The second kappa shape index (κ2) is 8.32. The standard InChI is InChI=1S/C19H22FNO/c1-15(14-17-9-11-18(20)12-10-17)19(22)21-13-5-8-16-6-3-2-4-7-16/h2-4,6-7,9-12,15H,5,8,13-14H2,1H3,(H,21,22). The quantitative estimate of drug-likeness (QED) is 0.775. The van der Waals surface area contributed by atoms with Gasteiger partial charge in [-0.25, -0.2) is 4.39 Å². The highest BCUT2D eigenvalue weighted by Gasteiger charge is 2.12.